The van der Waals surface area contributed by atoms with Gasteiger partial charge in [-0.05, 0) is 13.0 Å². The van der Waals surface area contributed by atoms with E-state index >= 15 is 0 Å². The van der Waals surface area contributed by atoms with E-state index in [2.05, 4.69) is 5.32 Å². The Balaban J connectivity index is 3.30. The molecule has 0 fully saturated rings. The summed E-state index contributed by atoms with van der Waals surface area (Å²) >= 11 is 0. The van der Waals surface area contributed by atoms with Crippen LogP contribution in [0.2, 0.25) is 0 Å². The minimum atomic E-state index is -3.76. The average Bonchev–Trinajstić information content (AvgIpc) is 1.78. The highest BCUT2D eigenvalue weighted by Crippen LogP contribution is 1.87. The molecule has 0 saturated heterocycles. The Morgan fingerprint density at radius 1 is 1.45 bits per heavy atom. The van der Waals surface area contributed by atoms with Crippen LogP contribution in [0.3, 0.4) is 0 Å². The van der Waals surface area contributed by atoms with E-state index in [0.717, 1.165) is 0 Å². The smallest absolute Gasteiger partial charge is 0.264 e. The molecule has 0 heterocycles. The fraction of sp³-hybridized carbons (Fsp3) is 1.00. The maximum atomic E-state index is 10.2. The summed E-state index contributed by atoms with van der Waals surface area (Å²) in [6.07, 6.45) is 0.455. The maximum Gasteiger partial charge on any atom is 0.264 e. The molecule has 0 radical (unpaired) electrons. The summed E-state index contributed by atoms with van der Waals surface area (Å²) in [6.45, 7) is 4.58. The van der Waals surface area contributed by atoms with Crippen molar-refractivity contribution in [2.75, 3.05) is 12.3 Å². The van der Waals surface area contributed by atoms with Crippen molar-refractivity contribution in [3.63, 3.8) is 0 Å². The first-order chi connectivity index (χ1) is 4.92. The molecule has 0 saturated carbocycles. The van der Waals surface area contributed by atoms with Crippen molar-refractivity contribution >= 4 is 10.1 Å². The first-order valence-corrected chi connectivity index (χ1v) is 5.21. The van der Waals surface area contributed by atoms with Crippen molar-refractivity contribution in [3.8, 4) is 0 Å². The van der Waals surface area contributed by atoms with E-state index in [9.17, 15) is 8.42 Å². The Morgan fingerprint density at radius 2 is 2.00 bits per heavy atom. The summed E-state index contributed by atoms with van der Waals surface area (Å²) in [7, 11) is -3.76. The molecule has 5 heteroatoms. The molecule has 0 aliphatic heterocycles. The highest BCUT2D eigenvalue weighted by atomic mass is 32.2. The van der Waals surface area contributed by atoms with E-state index in [0.29, 0.717) is 19.0 Å². The van der Waals surface area contributed by atoms with Crippen LogP contribution >= 0.6 is 0 Å². The molecule has 68 valence electrons. The topological polar surface area (TPSA) is 66.4 Å². The quantitative estimate of drug-likeness (QED) is 0.471. The van der Waals surface area contributed by atoms with Crippen LogP contribution in [-0.2, 0) is 10.1 Å². The lowest BCUT2D eigenvalue weighted by Crippen LogP contribution is -2.25. The van der Waals surface area contributed by atoms with Gasteiger partial charge in [0.05, 0.1) is 5.75 Å². The number of nitrogens with one attached hydrogen (secondary N) is 1. The van der Waals surface area contributed by atoms with Gasteiger partial charge in [-0.3, -0.25) is 4.55 Å². The zero-order valence-corrected chi connectivity index (χ0v) is 7.69. The van der Waals surface area contributed by atoms with Gasteiger partial charge in [0.1, 0.15) is 0 Å². The van der Waals surface area contributed by atoms with Crippen LogP contribution in [0.5, 0.6) is 0 Å². The molecule has 11 heavy (non-hydrogen) atoms. The van der Waals surface area contributed by atoms with Crippen molar-refractivity contribution in [2.45, 2.75) is 26.3 Å². The third kappa shape index (κ3) is 9.87. The van der Waals surface area contributed by atoms with Gasteiger partial charge in [-0.25, -0.2) is 0 Å². The van der Waals surface area contributed by atoms with Gasteiger partial charge >= 0.3 is 0 Å². The molecule has 0 aromatic heterocycles. The van der Waals surface area contributed by atoms with Gasteiger partial charge in [0, 0.05) is 6.04 Å². The molecule has 0 aromatic carbocycles. The van der Waals surface area contributed by atoms with Crippen LogP contribution in [0.15, 0.2) is 0 Å². The van der Waals surface area contributed by atoms with Gasteiger partial charge < -0.3 is 5.32 Å². The second-order valence-corrected chi connectivity index (χ2v) is 4.32. The molecule has 0 atom stereocenters. The number of rotatable bonds is 5. The van der Waals surface area contributed by atoms with E-state index in [-0.39, 0.29) is 5.75 Å². The molecule has 0 aliphatic carbocycles. The third-order valence-electron chi connectivity index (χ3n) is 1.13. The van der Waals surface area contributed by atoms with Gasteiger partial charge in [-0.1, -0.05) is 13.8 Å². The second-order valence-electron chi connectivity index (χ2n) is 2.75. The first kappa shape index (κ1) is 10.9. The Morgan fingerprint density at radius 3 is 2.36 bits per heavy atom. The Bertz CT molecular complexity index is 186. The number of hydrogen-bond donors (Lipinski definition) is 2. The van der Waals surface area contributed by atoms with Crippen molar-refractivity contribution in [1.82, 2.24) is 5.32 Å². The van der Waals surface area contributed by atoms with Gasteiger partial charge in [-0.15, -0.1) is 0 Å². The third-order valence-corrected chi connectivity index (χ3v) is 1.94. The van der Waals surface area contributed by atoms with Crippen LogP contribution in [0.4, 0.5) is 0 Å². The summed E-state index contributed by atoms with van der Waals surface area (Å²) in [4.78, 5) is 0. The minimum Gasteiger partial charge on any atom is -0.314 e. The Kier molecular flexibility index (Phi) is 4.63. The molecule has 0 aliphatic rings. The van der Waals surface area contributed by atoms with Gasteiger partial charge in [0.25, 0.3) is 10.1 Å². The Hall–Kier alpha value is -0.130. The Labute approximate surface area is 67.7 Å². The van der Waals surface area contributed by atoms with Crippen molar-refractivity contribution in [1.29, 1.82) is 0 Å². The van der Waals surface area contributed by atoms with E-state index in [1.54, 1.807) is 0 Å². The zero-order valence-electron chi connectivity index (χ0n) is 6.87. The first-order valence-electron chi connectivity index (χ1n) is 3.60. The molecule has 2 N–H and O–H groups in total. The normalized spacial score (nSPS) is 12.4. The average molecular weight is 181 g/mol. The van der Waals surface area contributed by atoms with Crippen LogP contribution in [0.1, 0.15) is 20.3 Å². The van der Waals surface area contributed by atoms with Crippen molar-refractivity contribution < 1.29 is 13.0 Å². The second kappa shape index (κ2) is 4.69. The van der Waals surface area contributed by atoms with Crippen molar-refractivity contribution in [2.24, 2.45) is 0 Å². The molecule has 4 nitrogen and oxygen atoms in total. The van der Waals surface area contributed by atoms with Crippen LogP contribution in [-0.4, -0.2) is 31.3 Å². The summed E-state index contributed by atoms with van der Waals surface area (Å²) in [6, 6.07) is 0.358. The molecule has 0 rings (SSSR count). The predicted octanol–water partition coefficient (Wildman–Crippen LogP) is 0.262. The number of hydrogen-bond acceptors (Lipinski definition) is 3. The molecule has 0 amide bonds. The predicted molar refractivity (Wildman–Crippen MR) is 44.2 cm³/mol. The monoisotopic (exact) mass is 181 g/mol. The summed E-state index contributed by atoms with van der Waals surface area (Å²) in [5, 5.41) is 3.04. The lowest BCUT2D eigenvalue weighted by molar-refractivity contribution is 0.478. The molecule has 0 spiro atoms. The van der Waals surface area contributed by atoms with E-state index in [1.165, 1.54) is 0 Å². The van der Waals surface area contributed by atoms with Crippen molar-refractivity contribution in [3.05, 3.63) is 0 Å². The lowest BCUT2D eigenvalue weighted by atomic mass is 10.4. The summed E-state index contributed by atoms with van der Waals surface area (Å²) in [5.41, 5.74) is 0. The maximum absolute atomic E-state index is 10.2. The van der Waals surface area contributed by atoms with E-state index in [1.807, 2.05) is 13.8 Å². The summed E-state index contributed by atoms with van der Waals surface area (Å²) in [5.74, 6) is -0.160. The van der Waals surface area contributed by atoms with Crippen LogP contribution in [0.25, 0.3) is 0 Å². The lowest BCUT2D eigenvalue weighted by Gasteiger charge is -2.05. The minimum absolute atomic E-state index is 0.160. The SMILES string of the molecule is CC(C)NCCCS(=O)(=O)O. The highest BCUT2D eigenvalue weighted by Gasteiger charge is 2.02. The molecule has 0 bridgehead atoms. The summed E-state index contributed by atoms with van der Waals surface area (Å²) < 4.78 is 28.7. The van der Waals surface area contributed by atoms with Gasteiger partial charge in [-0.2, -0.15) is 8.42 Å². The standard InChI is InChI=1S/C6H15NO3S/c1-6(2)7-4-3-5-11(8,9)10/h6-7H,3-5H2,1-2H3,(H,8,9,10). The molecule has 0 unspecified atom stereocenters. The van der Waals surface area contributed by atoms with E-state index < -0.39 is 10.1 Å². The zero-order chi connectivity index (χ0) is 8.91. The largest absolute Gasteiger partial charge is 0.314 e. The van der Waals surface area contributed by atoms with Gasteiger partial charge in [0.2, 0.25) is 0 Å². The molecule has 0 aromatic rings. The fourth-order valence-corrected chi connectivity index (χ4v) is 1.15. The fourth-order valence-electron chi connectivity index (χ4n) is 0.645. The molecular weight excluding hydrogens is 166 g/mol. The van der Waals surface area contributed by atoms with Gasteiger partial charge in [0.15, 0.2) is 0 Å². The molecular formula is C6H15NO3S. The van der Waals surface area contributed by atoms with E-state index in [4.69, 9.17) is 4.55 Å². The highest BCUT2D eigenvalue weighted by molar-refractivity contribution is 7.85. The van der Waals surface area contributed by atoms with Crippen LogP contribution < -0.4 is 5.32 Å². The van der Waals surface area contributed by atoms with Crippen LogP contribution in [0, 0.1) is 0 Å².